The van der Waals surface area contributed by atoms with Gasteiger partial charge in [-0.15, -0.1) is 0 Å². The van der Waals surface area contributed by atoms with Crippen LogP contribution in [0, 0.1) is 5.92 Å². The highest BCUT2D eigenvalue weighted by Gasteiger charge is 2.21. The lowest BCUT2D eigenvalue weighted by Crippen LogP contribution is -2.23. The van der Waals surface area contributed by atoms with E-state index in [1.807, 2.05) is 0 Å². The smallest absolute Gasteiger partial charge is 0.0571 e. The van der Waals surface area contributed by atoms with E-state index in [4.69, 9.17) is 0 Å². The average molecular weight is 226 g/mol. The maximum absolute atomic E-state index is 9.80. The second-order valence-corrected chi connectivity index (χ2v) is 11.6. The molecule has 0 spiro atoms. The summed E-state index contributed by atoms with van der Waals surface area (Å²) < 4.78 is 0. The molecule has 15 heavy (non-hydrogen) atoms. The minimum absolute atomic E-state index is 0.0321. The topological polar surface area (TPSA) is 20.2 Å². The maximum atomic E-state index is 9.80. The molecule has 1 N–H and O–H groups in total. The minimum atomic E-state index is -0.910. The molecule has 0 saturated heterocycles. The van der Waals surface area contributed by atoms with Gasteiger partial charge in [-0.2, -0.15) is 0 Å². The summed E-state index contributed by atoms with van der Waals surface area (Å²) in [5, 5.41) is 9.80. The quantitative estimate of drug-likeness (QED) is 0.571. The molecule has 0 aliphatic heterocycles. The molecule has 2 heteroatoms. The van der Waals surface area contributed by atoms with E-state index in [-0.39, 0.29) is 6.10 Å². The van der Waals surface area contributed by atoms with Gasteiger partial charge in [0.2, 0.25) is 0 Å². The highest BCUT2D eigenvalue weighted by Crippen LogP contribution is 2.27. The zero-order chi connectivity index (χ0) is 11.3. The molecular weight excluding hydrogens is 200 g/mol. The Morgan fingerprint density at radius 2 is 1.80 bits per heavy atom. The zero-order valence-electron chi connectivity index (χ0n) is 10.5. The molecule has 0 aromatic carbocycles. The van der Waals surface area contributed by atoms with Crippen LogP contribution in [0.4, 0.5) is 0 Å². The van der Waals surface area contributed by atoms with Crippen LogP contribution in [0.3, 0.4) is 0 Å². The Kier molecular flexibility index (Phi) is 5.07. The fourth-order valence-corrected chi connectivity index (χ4v) is 3.04. The summed E-state index contributed by atoms with van der Waals surface area (Å²) >= 11 is 0. The third-order valence-electron chi connectivity index (χ3n) is 3.20. The Balaban J connectivity index is 2.23. The number of aliphatic hydroxyl groups excluding tert-OH is 1. The normalized spacial score (nSPS) is 28.5. The Morgan fingerprint density at radius 3 is 2.40 bits per heavy atom. The van der Waals surface area contributed by atoms with Crippen LogP contribution in [0.5, 0.6) is 0 Å². The first-order valence-corrected chi connectivity index (χ1v) is 10.0. The second-order valence-electron chi connectivity index (χ2n) is 6.08. The van der Waals surface area contributed by atoms with E-state index in [0.29, 0.717) is 5.92 Å². The average Bonchev–Trinajstić information content (AvgIpc) is 2.13. The van der Waals surface area contributed by atoms with E-state index in [0.717, 1.165) is 12.8 Å². The monoisotopic (exact) mass is 226 g/mol. The lowest BCUT2D eigenvalue weighted by molar-refractivity contribution is 0.0714. The van der Waals surface area contributed by atoms with Crippen LogP contribution in [0.2, 0.25) is 25.7 Å². The molecule has 1 aliphatic rings. The van der Waals surface area contributed by atoms with Gasteiger partial charge in [-0.25, -0.2) is 0 Å². The van der Waals surface area contributed by atoms with Crippen LogP contribution < -0.4 is 0 Å². The third kappa shape index (κ3) is 5.52. The lowest BCUT2D eigenvalue weighted by atomic mass is 9.84. The fraction of sp³-hybridized carbons (Fsp3) is 0.846. The number of hydrogen-bond donors (Lipinski definition) is 1. The Hall–Kier alpha value is -0.0831. The molecule has 2 atom stereocenters. The van der Waals surface area contributed by atoms with Gasteiger partial charge in [0.15, 0.2) is 0 Å². The molecule has 0 aromatic heterocycles. The van der Waals surface area contributed by atoms with Crippen LogP contribution in [-0.2, 0) is 0 Å². The Bertz CT molecular complexity index is 205. The lowest BCUT2D eigenvalue weighted by Gasteiger charge is -2.26. The Morgan fingerprint density at radius 1 is 1.13 bits per heavy atom. The molecule has 1 rings (SSSR count). The standard InChI is InChI=1S/C13H26OSi/c1-15(2,3)11-7-6-9-12-8-4-5-10-13(12)14/h6-7,12-14H,4-5,8-11H2,1-3H3/b7-6+/t12-,13-/m0/s1. The molecule has 0 unspecified atom stereocenters. The summed E-state index contributed by atoms with van der Waals surface area (Å²) in [4.78, 5) is 0. The number of aliphatic hydroxyl groups is 1. The molecule has 1 aliphatic carbocycles. The molecule has 0 bridgehead atoms. The summed E-state index contributed by atoms with van der Waals surface area (Å²) in [5.74, 6) is 0.539. The molecule has 1 nitrogen and oxygen atoms in total. The predicted octanol–water partition coefficient (Wildman–Crippen LogP) is 3.82. The first-order valence-electron chi connectivity index (χ1n) is 6.32. The summed E-state index contributed by atoms with van der Waals surface area (Å²) in [6.45, 7) is 7.19. The van der Waals surface area contributed by atoms with Gasteiger partial charge in [0, 0.05) is 8.07 Å². The Labute approximate surface area is 95.6 Å². The van der Waals surface area contributed by atoms with E-state index in [1.165, 1.54) is 25.3 Å². The SMILES string of the molecule is C[Si](C)(C)C/C=C/C[C@@H]1CCCC[C@@H]1O. The summed E-state index contributed by atoms with van der Waals surface area (Å²) in [6.07, 6.45) is 10.5. The molecule has 0 aromatic rings. The van der Waals surface area contributed by atoms with Crippen LogP contribution >= 0.6 is 0 Å². The van der Waals surface area contributed by atoms with Gasteiger partial charge in [0.25, 0.3) is 0 Å². The van der Waals surface area contributed by atoms with Gasteiger partial charge < -0.3 is 5.11 Å². The highest BCUT2D eigenvalue weighted by molar-refractivity contribution is 6.76. The van der Waals surface area contributed by atoms with Crippen LogP contribution in [0.15, 0.2) is 12.2 Å². The van der Waals surface area contributed by atoms with Gasteiger partial charge in [-0.05, 0) is 31.2 Å². The highest BCUT2D eigenvalue weighted by atomic mass is 28.3. The van der Waals surface area contributed by atoms with E-state index in [2.05, 4.69) is 31.8 Å². The maximum Gasteiger partial charge on any atom is 0.0571 e. The molecule has 0 radical (unpaired) electrons. The van der Waals surface area contributed by atoms with Crippen molar-refractivity contribution in [1.29, 1.82) is 0 Å². The second kappa shape index (κ2) is 5.85. The molecule has 88 valence electrons. The number of rotatable bonds is 4. The van der Waals surface area contributed by atoms with Crippen molar-refractivity contribution in [3.8, 4) is 0 Å². The van der Waals surface area contributed by atoms with Gasteiger partial charge in [0.05, 0.1) is 6.10 Å². The summed E-state index contributed by atoms with van der Waals surface area (Å²) in [6, 6.07) is 1.27. The van der Waals surface area contributed by atoms with Gasteiger partial charge in [-0.1, -0.05) is 44.6 Å². The van der Waals surface area contributed by atoms with E-state index in [1.54, 1.807) is 0 Å². The molecular formula is C13H26OSi. The van der Waals surface area contributed by atoms with Crippen LogP contribution in [0.1, 0.15) is 32.1 Å². The van der Waals surface area contributed by atoms with Gasteiger partial charge in [0.1, 0.15) is 0 Å². The zero-order valence-corrected chi connectivity index (χ0v) is 11.5. The third-order valence-corrected chi connectivity index (χ3v) is 4.67. The van der Waals surface area contributed by atoms with E-state index < -0.39 is 8.07 Å². The van der Waals surface area contributed by atoms with Crippen molar-refractivity contribution in [2.75, 3.05) is 0 Å². The van der Waals surface area contributed by atoms with Gasteiger partial charge in [-0.3, -0.25) is 0 Å². The van der Waals surface area contributed by atoms with Crippen molar-refractivity contribution < 1.29 is 5.11 Å². The van der Waals surface area contributed by atoms with Crippen molar-refractivity contribution >= 4 is 8.07 Å². The number of allylic oxidation sites excluding steroid dienone is 2. The summed E-state index contributed by atoms with van der Waals surface area (Å²) in [7, 11) is -0.910. The van der Waals surface area contributed by atoms with E-state index >= 15 is 0 Å². The minimum Gasteiger partial charge on any atom is -0.393 e. The first-order chi connectivity index (χ1) is 6.99. The summed E-state index contributed by atoms with van der Waals surface area (Å²) in [5.41, 5.74) is 0. The molecule has 1 fully saturated rings. The first kappa shape index (κ1) is 13.0. The van der Waals surface area contributed by atoms with E-state index in [9.17, 15) is 5.11 Å². The number of hydrogen-bond acceptors (Lipinski definition) is 1. The van der Waals surface area contributed by atoms with Crippen molar-refractivity contribution in [2.45, 2.75) is 63.9 Å². The predicted molar refractivity (Wildman–Crippen MR) is 69.9 cm³/mol. The molecule has 1 saturated carbocycles. The van der Waals surface area contributed by atoms with Crippen LogP contribution in [0.25, 0.3) is 0 Å². The van der Waals surface area contributed by atoms with Gasteiger partial charge >= 0.3 is 0 Å². The van der Waals surface area contributed by atoms with Crippen molar-refractivity contribution in [3.63, 3.8) is 0 Å². The van der Waals surface area contributed by atoms with Crippen LogP contribution in [-0.4, -0.2) is 19.3 Å². The largest absolute Gasteiger partial charge is 0.393 e. The van der Waals surface area contributed by atoms with Crippen molar-refractivity contribution in [1.82, 2.24) is 0 Å². The molecule has 0 heterocycles. The fourth-order valence-electron chi connectivity index (χ4n) is 2.17. The van der Waals surface area contributed by atoms with Crippen molar-refractivity contribution in [2.24, 2.45) is 5.92 Å². The molecule has 0 amide bonds. The van der Waals surface area contributed by atoms with Crippen molar-refractivity contribution in [3.05, 3.63) is 12.2 Å².